The number of amides is 2. The van der Waals surface area contributed by atoms with Crippen molar-refractivity contribution in [1.29, 1.82) is 0 Å². The molecule has 0 radical (unpaired) electrons. The van der Waals surface area contributed by atoms with Gasteiger partial charge < -0.3 is 15.1 Å². The van der Waals surface area contributed by atoms with Crippen LogP contribution < -0.4 is 5.32 Å². The lowest BCUT2D eigenvalue weighted by Crippen LogP contribution is -2.55. The van der Waals surface area contributed by atoms with E-state index in [0.717, 1.165) is 25.1 Å². The zero-order valence-corrected chi connectivity index (χ0v) is 12.8. The predicted octanol–water partition coefficient (Wildman–Crippen LogP) is 2.31. The van der Waals surface area contributed by atoms with Crippen LogP contribution in [0.2, 0.25) is 0 Å². The normalized spacial score (nSPS) is 26.2. The van der Waals surface area contributed by atoms with E-state index < -0.39 is 0 Å². The highest BCUT2D eigenvalue weighted by Gasteiger charge is 2.35. The van der Waals surface area contributed by atoms with Crippen LogP contribution in [0.25, 0.3) is 0 Å². The summed E-state index contributed by atoms with van der Waals surface area (Å²) in [5.74, 6) is 0.653. The van der Waals surface area contributed by atoms with Gasteiger partial charge in [-0.1, -0.05) is 30.3 Å². The molecule has 2 saturated heterocycles. The highest BCUT2D eigenvalue weighted by Crippen LogP contribution is 2.29. The van der Waals surface area contributed by atoms with Crippen LogP contribution in [-0.4, -0.2) is 48.6 Å². The van der Waals surface area contributed by atoms with E-state index >= 15 is 0 Å². The maximum atomic E-state index is 12.3. The number of likely N-dealkylation sites (tertiary alicyclic amines) is 2. The second-order valence-electron chi connectivity index (χ2n) is 6.33. The smallest absolute Gasteiger partial charge is 0.317 e. The SMILES string of the molecule is CN1CCCC2CN(C(=O)NCc3ccccc3)CCC21. The van der Waals surface area contributed by atoms with Crippen LogP contribution in [0.1, 0.15) is 24.8 Å². The number of benzene rings is 1. The minimum absolute atomic E-state index is 0.0885. The first-order chi connectivity index (χ1) is 10.2. The van der Waals surface area contributed by atoms with E-state index in [2.05, 4.69) is 17.3 Å². The lowest BCUT2D eigenvalue weighted by Gasteiger charge is -2.45. The van der Waals surface area contributed by atoms with Gasteiger partial charge >= 0.3 is 6.03 Å². The Labute approximate surface area is 127 Å². The number of fused-ring (bicyclic) bond motifs is 1. The first kappa shape index (κ1) is 14.4. The Hall–Kier alpha value is -1.55. The minimum atomic E-state index is 0.0885. The van der Waals surface area contributed by atoms with Crippen molar-refractivity contribution in [3.63, 3.8) is 0 Å². The van der Waals surface area contributed by atoms with E-state index in [-0.39, 0.29) is 6.03 Å². The largest absolute Gasteiger partial charge is 0.334 e. The Balaban J connectivity index is 1.52. The maximum absolute atomic E-state index is 12.3. The van der Waals surface area contributed by atoms with Crippen molar-refractivity contribution in [3.05, 3.63) is 35.9 Å². The number of carbonyl (C=O) groups is 1. The van der Waals surface area contributed by atoms with E-state index in [1.165, 1.54) is 19.4 Å². The Morgan fingerprint density at radius 1 is 1.24 bits per heavy atom. The van der Waals surface area contributed by atoms with Gasteiger partial charge in [-0.2, -0.15) is 0 Å². The van der Waals surface area contributed by atoms with Gasteiger partial charge in [0.05, 0.1) is 0 Å². The average molecular weight is 287 g/mol. The van der Waals surface area contributed by atoms with Crippen molar-refractivity contribution in [2.24, 2.45) is 5.92 Å². The topological polar surface area (TPSA) is 35.6 Å². The number of piperidine rings is 2. The molecule has 4 nitrogen and oxygen atoms in total. The molecular formula is C17H25N3O. The first-order valence-electron chi connectivity index (χ1n) is 8.01. The molecule has 2 unspecified atom stereocenters. The Bertz CT molecular complexity index is 476. The summed E-state index contributed by atoms with van der Waals surface area (Å²) in [5, 5.41) is 3.05. The maximum Gasteiger partial charge on any atom is 0.317 e. The van der Waals surface area contributed by atoms with Crippen LogP contribution in [0.4, 0.5) is 4.79 Å². The van der Waals surface area contributed by atoms with Gasteiger partial charge in [-0.15, -0.1) is 0 Å². The summed E-state index contributed by atoms with van der Waals surface area (Å²) < 4.78 is 0. The van der Waals surface area contributed by atoms with E-state index in [0.29, 0.717) is 18.5 Å². The molecule has 0 bridgehead atoms. The van der Waals surface area contributed by atoms with Crippen LogP contribution >= 0.6 is 0 Å². The summed E-state index contributed by atoms with van der Waals surface area (Å²) in [6.07, 6.45) is 3.63. The van der Waals surface area contributed by atoms with Gasteiger partial charge in [-0.05, 0) is 44.3 Å². The Morgan fingerprint density at radius 2 is 2.05 bits per heavy atom. The van der Waals surface area contributed by atoms with Crippen molar-refractivity contribution in [3.8, 4) is 0 Å². The molecule has 2 amide bonds. The summed E-state index contributed by atoms with van der Waals surface area (Å²) in [7, 11) is 2.22. The summed E-state index contributed by atoms with van der Waals surface area (Å²) in [6, 6.07) is 10.9. The fourth-order valence-corrected chi connectivity index (χ4v) is 3.72. The molecule has 0 saturated carbocycles. The first-order valence-corrected chi connectivity index (χ1v) is 8.01. The van der Waals surface area contributed by atoms with Gasteiger partial charge in [-0.25, -0.2) is 4.79 Å². The number of hydrogen-bond donors (Lipinski definition) is 1. The molecule has 0 aliphatic carbocycles. The molecule has 21 heavy (non-hydrogen) atoms. The molecule has 0 aromatic heterocycles. The van der Waals surface area contributed by atoms with Crippen LogP contribution in [0.5, 0.6) is 0 Å². The number of rotatable bonds is 2. The van der Waals surface area contributed by atoms with Gasteiger partial charge in [-0.3, -0.25) is 0 Å². The minimum Gasteiger partial charge on any atom is -0.334 e. The highest BCUT2D eigenvalue weighted by molar-refractivity contribution is 5.74. The average Bonchev–Trinajstić information content (AvgIpc) is 2.53. The molecule has 2 aliphatic heterocycles. The molecule has 2 fully saturated rings. The molecule has 3 rings (SSSR count). The van der Waals surface area contributed by atoms with Gasteiger partial charge in [0.15, 0.2) is 0 Å². The van der Waals surface area contributed by atoms with E-state index in [9.17, 15) is 4.79 Å². The lowest BCUT2D eigenvalue weighted by molar-refractivity contribution is 0.0515. The van der Waals surface area contributed by atoms with Crippen molar-refractivity contribution in [1.82, 2.24) is 15.1 Å². The quantitative estimate of drug-likeness (QED) is 0.906. The summed E-state index contributed by atoms with van der Waals surface area (Å²) in [5.41, 5.74) is 1.15. The lowest BCUT2D eigenvalue weighted by atomic mass is 9.84. The zero-order valence-electron chi connectivity index (χ0n) is 12.8. The monoisotopic (exact) mass is 287 g/mol. The van der Waals surface area contributed by atoms with Crippen LogP contribution in [0.3, 0.4) is 0 Å². The summed E-state index contributed by atoms with van der Waals surface area (Å²) in [6.45, 7) is 3.62. The van der Waals surface area contributed by atoms with E-state index in [4.69, 9.17) is 0 Å². The van der Waals surface area contributed by atoms with Crippen molar-refractivity contribution in [2.75, 3.05) is 26.7 Å². The number of urea groups is 1. The van der Waals surface area contributed by atoms with Crippen LogP contribution in [-0.2, 0) is 6.54 Å². The molecule has 0 spiro atoms. The molecule has 1 aromatic rings. The second kappa shape index (κ2) is 6.48. The fourth-order valence-electron chi connectivity index (χ4n) is 3.72. The fraction of sp³-hybridized carbons (Fsp3) is 0.588. The molecule has 2 atom stereocenters. The van der Waals surface area contributed by atoms with E-state index in [1.54, 1.807) is 0 Å². The van der Waals surface area contributed by atoms with Gasteiger partial charge in [0, 0.05) is 25.7 Å². The second-order valence-corrected chi connectivity index (χ2v) is 6.33. The predicted molar refractivity (Wildman–Crippen MR) is 84.0 cm³/mol. The Kier molecular flexibility index (Phi) is 4.44. The van der Waals surface area contributed by atoms with Crippen molar-refractivity contribution < 1.29 is 4.79 Å². The number of nitrogens with one attached hydrogen (secondary N) is 1. The highest BCUT2D eigenvalue weighted by atomic mass is 16.2. The number of carbonyl (C=O) groups excluding carboxylic acids is 1. The molecule has 4 heteroatoms. The zero-order chi connectivity index (χ0) is 14.7. The van der Waals surface area contributed by atoms with Gasteiger partial charge in [0.25, 0.3) is 0 Å². The van der Waals surface area contributed by atoms with E-state index in [1.807, 2.05) is 35.2 Å². The third-order valence-electron chi connectivity index (χ3n) is 4.92. The standard InChI is InChI=1S/C17H25N3O/c1-19-10-5-8-15-13-20(11-9-16(15)19)17(21)18-12-14-6-3-2-4-7-14/h2-4,6-7,15-16H,5,8-13H2,1H3,(H,18,21). The van der Waals surface area contributed by atoms with Crippen LogP contribution in [0.15, 0.2) is 30.3 Å². The van der Waals surface area contributed by atoms with Crippen molar-refractivity contribution in [2.45, 2.75) is 31.8 Å². The molecule has 1 aromatic carbocycles. The summed E-state index contributed by atoms with van der Waals surface area (Å²) in [4.78, 5) is 16.8. The Morgan fingerprint density at radius 3 is 2.86 bits per heavy atom. The molecule has 2 heterocycles. The van der Waals surface area contributed by atoms with Gasteiger partial charge in [0.2, 0.25) is 0 Å². The van der Waals surface area contributed by atoms with Gasteiger partial charge in [0.1, 0.15) is 0 Å². The summed E-state index contributed by atoms with van der Waals surface area (Å²) >= 11 is 0. The molecular weight excluding hydrogens is 262 g/mol. The third kappa shape index (κ3) is 3.38. The number of nitrogens with zero attached hydrogens (tertiary/aromatic N) is 2. The molecule has 1 N–H and O–H groups in total. The number of hydrogen-bond acceptors (Lipinski definition) is 2. The van der Waals surface area contributed by atoms with Crippen LogP contribution in [0, 0.1) is 5.92 Å². The molecule has 2 aliphatic rings. The molecule has 114 valence electrons. The van der Waals surface area contributed by atoms with Crippen molar-refractivity contribution >= 4 is 6.03 Å². The third-order valence-corrected chi connectivity index (χ3v) is 4.92.